The second-order valence-electron chi connectivity index (χ2n) is 25.1. The minimum atomic E-state index is -1.71. The van der Waals surface area contributed by atoms with Crippen LogP contribution in [-0.2, 0) is 33.2 Å². The molecule has 2 heterocycles. The Kier molecular flexibility index (Phi) is 53.5. The number of carbonyl (C=O) groups excluding carboxylic acids is 1. The van der Waals surface area contributed by atoms with Crippen LogP contribution in [0, 0.1) is 0 Å². The number of ether oxygens (including phenoxy) is 6. The molecule has 0 saturated carbocycles. The summed E-state index contributed by atoms with van der Waals surface area (Å²) in [5, 5.41) is 72.6. The summed E-state index contributed by atoms with van der Waals surface area (Å²) >= 11 is 0. The number of aliphatic hydroxyl groups is 7. The first-order valence-electron chi connectivity index (χ1n) is 35.6. The Morgan fingerprint density at radius 3 is 1.14 bits per heavy atom. The van der Waals surface area contributed by atoms with Gasteiger partial charge in [0.05, 0.1) is 26.4 Å². The number of allylic oxidation sites excluding steroid dienone is 6. The number of esters is 1. The van der Waals surface area contributed by atoms with Crippen molar-refractivity contribution in [2.45, 2.75) is 377 Å². The molecule has 14 nitrogen and oxygen atoms in total. The molecule has 11 atom stereocenters. The number of carbonyl (C=O) groups is 1. The van der Waals surface area contributed by atoms with Crippen molar-refractivity contribution in [1.82, 2.24) is 0 Å². The molecule has 0 aromatic carbocycles. The molecule has 2 fully saturated rings. The van der Waals surface area contributed by atoms with E-state index in [0.717, 1.165) is 44.9 Å². The molecule has 2 saturated heterocycles. The fourth-order valence-corrected chi connectivity index (χ4v) is 11.4. The van der Waals surface area contributed by atoms with Crippen LogP contribution < -0.4 is 0 Å². The summed E-state index contributed by atoms with van der Waals surface area (Å²) in [7, 11) is 0. The quantitative estimate of drug-likeness (QED) is 0.0171. The highest BCUT2D eigenvalue weighted by molar-refractivity contribution is 5.69. The van der Waals surface area contributed by atoms with Crippen LogP contribution in [0.1, 0.15) is 309 Å². The largest absolute Gasteiger partial charge is 0.457 e. The van der Waals surface area contributed by atoms with Gasteiger partial charge in [-0.25, -0.2) is 0 Å². The maximum Gasteiger partial charge on any atom is 0.306 e. The van der Waals surface area contributed by atoms with Gasteiger partial charge in [-0.3, -0.25) is 4.79 Å². The lowest BCUT2D eigenvalue weighted by Gasteiger charge is -2.42. The van der Waals surface area contributed by atoms with E-state index in [1.807, 2.05) is 0 Å². The molecule has 85 heavy (non-hydrogen) atoms. The summed E-state index contributed by atoms with van der Waals surface area (Å²) in [5.41, 5.74) is 0. The normalized spacial score (nSPS) is 23.3. The van der Waals surface area contributed by atoms with Crippen LogP contribution in [0.4, 0.5) is 0 Å². The standard InChI is InChI=1S/C71H132O14/c1-3-5-7-9-11-13-15-17-19-21-23-25-27-29-31-33-35-37-39-41-43-45-47-49-51-53-55-80-57-60(58-81-70-69(79)67(77)65(75)62(85-70)59-82-71-68(78)66(76)64(74)61(56-72)84-71)83-63(73)54-52-50-48-46-44-42-40-38-36-34-32-30-28-26-24-22-20-18-16-14-12-10-8-6-4-2/h15,17,21-24,60-62,64-72,74-79H,3-14,16,18-20,25-59H2,1-2H3/b17-15-,23-21-,24-22-. The number of unbranched alkanes of at least 4 members (excludes halogenated alkanes) is 40. The Labute approximate surface area is 519 Å². The molecular formula is C71H132O14. The minimum absolute atomic E-state index is 0.0647. The molecule has 0 amide bonds. The Morgan fingerprint density at radius 1 is 0.388 bits per heavy atom. The maximum atomic E-state index is 13.2. The zero-order valence-electron chi connectivity index (χ0n) is 54.4. The van der Waals surface area contributed by atoms with E-state index in [0.29, 0.717) is 13.0 Å². The van der Waals surface area contributed by atoms with Gasteiger partial charge in [-0.1, -0.05) is 269 Å². The maximum absolute atomic E-state index is 13.2. The molecule has 0 aromatic heterocycles. The number of aliphatic hydroxyl groups excluding tert-OH is 7. The lowest BCUT2D eigenvalue weighted by molar-refractivity contribution is -0.332. The molecule has 2 rings (SSSR count). The zero-order valence-corrected chi connectivity index (χ0v) is 54.4. The van der Waals surface area contributed by atoms with Crippen LogP contribution in [0.5, 0.6) is 0 Å². The highest BCUT2D eigenvalue weighted by atomic mass is 16.7. The fraction of sp³-hybridized carbons (Fsp3) is 0.901. The van der Waals surface area contributed by atoms with Crippen molar-refractivity contribution in [2.75, 3.05) is 33.0 Å². The van der Waals surface area contributed by atoms with Gasteiger partial charge in [0.25, 0.3) is 0 Å². The molecule has 0 aliphatic carbocycles. The first kappa shape index (κ1) is 79.3. The highest BCUT2D eigenvalue weighted by Gasteiger charge is 2.47. The average molecular weight is 1210 g/mol. The van der Waals surface area contributed by atoms with Crippen molar-refractivity contribution >= 4 is 5.97 Å². The van der Waals surface area contributed by atoms with Gasteiger partial charge in [-0.2, -0.15) is 0 Å². The van der Waals surface area contributed by atoms with Gasteiger partial charge in [0.1, 0.15) is 54.9 Å². The summed E-state index contributed by atoms with van der Waals surface area (Å²) in [6, 6.07) is 0. The van der Waals surface area contributed by atoms with Crippen molar-refractivity contribution in [3.8, 4) is 0 Å². The predicted molar refractivity (Wildman–Crippen MR) is 344 cm³/mol. The molecule has 0 spiro atoms. The van der Waals surface area contributed by atoms with Crippen LogP contribution in [0.3, 0.4) is 0 Å². The molecule has 0 radical (unpaired) electrons. The number of hydrogen-bond donors (Lipinski definition) is 7. The van der Waals surface area contributed by atoms with Gasteiger partial charge in [0.15, 0.2) is 12.6 Å². The van der Waals surface area contributed by atoms with E-state index < -0.39 is 80.7 Å². The monoisotopic (exact) mass is 1210 g/mol. The van der Waals surface area contributed by atoms with Crippen molar-refractivity contribution in [3.63, 3.8) is 0 Å². The topological polar surface area (TPSA) is 214 Å². The van der Waals surface area contributed by atoms with Crippen molar-refractivity contribution in [1.29, 1.82) is 0 Å². The van der Waals surface area contributed by atoms with Crippen molar-refractivity contribution < 1.29 is 69.0 Å². The van der Waals surface area contributed by atoms with Crippen molar-refractivity contribution in [2.24, 2.45) is 0 Å². The first-order valence-corrected chi connectivity index (χ1v) is 35.6. The Hall–Kier alpha value is -1.79. The van der Waals surface area contributed by atoms with E-state index >= 15 is 0 Å². The Balaban J connectivity index is 1.63. The first-order chi connectivity index (χ1) is 41.6. The third kappa shape index (κ3) is 42.8. The molecule has 0 bridgehead atoms. The van der Waals surface area contributed by atoms with Crippen LogP contribution in [0.2, 0.25) is 0 Å². The summed E-state index contributed by atoms with van der Waals surface area (Å²) in [6.07, 6.45) is 55.1. The number of rotatable bonds is 60. The van der Waals surface area contributed by atoms with E-state index in [-0.39, 0.29) is 25.6 Å². The molecular weight excluding hydrogens is 1080 g/mol. The highest BCUT2D eigenvalue weighted by Crippen LogP contribution is 2.27. The average Bonchev–Trinajstić information content (AvgIpc) is 2.82. The molecule has 2 aliphatic heterocycles. The van der Waals surface area contributed by atoms with Gasteiger partial charge < -0.3 is 64.2 Å². The SMILES string of the molecule is CCCCCCC/C=C\C/C=C\CCCCCCCCCCCCCCCCOCC(COC1OC(COC2OC(CO)C(O)C(O)C2O)C(O)C(O)C1O)OC(=O)CCCCCCCCCCCCCCC/C=C\CCCCCCCCCC. The summed E-state index contributed by atoms with van der Waals surface area (Å²) in [6.45, 7) is 3.75. The van der Waals surface area contributed by atoms with Crippen LogP contribution in [-0.4, -0.2) is 142 Å². The number of hydrogen-bond acceptors (Lipinski definition) is 14. The lowest BCUT2D eigenvalue weighted by Crippen LogP contribution is -2.61. The molecule has 11 unspecified atom stereocenters. The van der Waals surface area contributed by atoms with Gasteiger partial charge >= 0.3 is 5.97 Å². The molecule has 2 aliphatic rings. The molecule has 7 N–H and O–H groups in total. The van der Waals surface area contributed by atoms with Crippen LogP contribution >= 0.6 is 0 Å². The molecule has 0 aromatic rings. The lowest BCUT2D eigenvalue weighted by atomic mass is 9.98. The molecule has 500 valence electrons. The Morgan fingerprint density at radius 2 is 0.729 bits per heavy atom. The van der Waals surface area contributed by atoms with E-state index in [2.05, 4.69) is 50.3 Å². The zero-order chi connectivity index (χ0) is 61.5. The van der Waals surface area contributed by atoms with E-state index in [4.69, 9.17) is 28.4 Å². The van der Waals surface area contributed by atoms with Crippen molar-refractivity contribution in [3.05, 3.63) is 36.5 Å². The van der Waals surface area contributed by atoms with E-state index in [1.165, 1.54) is 238 Å². The van der Waals surface area contributed by atoms with Gasteiger partial charge in [0.2, 0.25) is 0 Å². The smallest absolute Gasteiger partial charge is 0.306 e. The Bertz CT molecular complexity index is 1550. The van der Waals surface area contributed by atoms with Gasteiger partial charge in [-0.15, -0.1) is 0 Å². The van der Waals surface area contributed by atoms with E-state index in [9.17, 15) is 40.5 Å². The van der Waals surface area contributed by atoms with Gasteiger partial charge in [0, 0.05) is 13.0 Å². The predicted octanol–water partition coefficient (Wildman–Crippen LogP) is 15.2. The fourth-order valence-electron chi connectivity index (χ4n) is 11.4. The van der Waals surface area contributed by atoms with Crippen LogP contribution in [0.15, 0.2) is 36.5 Å². The summed E-state index contributed by atoms with van der Waals surface area (Å²) in [4.78, 5) is 13.2. The minimum Gasteiger partial charge on any atom is -0.457 e. The molecule has 14 heteroatoms. The van der Waals surface area contributed by atoms with Crippen LogP contribution in [0.25, 0.3) is 0 Å². The van der Waals surface area contributed by atoms with E-state index in [1.54, 1.807) is 0 Å². The van der Waals surface area contributed by atoms with Gasteiger partial charge in [-0.05, 0) is 70.6 Å². The second kappa shape index (κ2) is 57.4. The summed E-state index contributed by atoms with van der Waals surface area (Å²) < 4.78 is 34.6. The third-order valence-corrected chi connectivity index (χ3v) is 17.1. The second-order valence-corrected chi connectivity index (χ2v) is 25.1. The summed E-state index contributed by atoms with van der Waals surface area (Å²) in [5.74, 6) is -0.370. The third-order valence-electron chi connectivity index (χ3n) is 17.1.